The highest BCUT2D eigenvalue weighted by Crippen LogP contribution is 2.20. The van der Waals surface area contributed by atoms with Crippen molar-refractivity contribution in [2.45, 2.75) is 45.6 Å². The fourth-order valence-corrected chi connectivity index (χ4v) is 3.96. The summed E-state index contributed by atoms with van der Waals surface area (Å²) >= 11 is 0. The standard InChI is InChI=1S/C28H32N4O2/c1-21(2)22-11-13-24(14-12-22)34-19-6-5-18-32-26-10-4-3-9-25(26)31-27(32)15-17-30-28(33)23-8-7-16-29-20-23/h3-4,7-14,16,20-21H,5-6,15,17-19H2,1-2H3,(H,30,33). The molecule has 2 heterocycles. The van der Waals surface area contributed by atoms with E-state index in [4.69, 9.17) is 9.72 Å². The van der Waals surface area contributed by atoms with Crippen molar-refractivity contribution in [3.8, 4) is 5.75 Å². The maximum Gasteiger partial charge on any atom is 0.252 e. The van der Waals surface area contributed by atoms with Crippen LogP contribution in [0.4, 0.5) is 0 Å². The van der Waals surface area contributed by atoms with E-state index in [0.717, 1.165) is 42.0 Å². The van der Waals surface area contributed by atoms with E-state index in [-0.39, 0.29) is 5.91 Å². The number of fused-ring (bicyclic) bond motifs is 1. The normalized spacial score (nSPS) is 11.1. The summed E-state index contributed by atoms with van der Waals surface area (Å²) in [7, 11) is 0. The average molecular weight is 457 g/mol. The summed E-state index contributed by atoms with van der Waals surface area (Å²) in [5.41, 5.74) is 4.00. The number of hydrogen-bond acceptors (Lipinski definition) is 4. The Hall–Kier alpha value is -3.67. The van der Waals surface area contributed by atoms with Gasteiger partial charge in [-0.15, -0.1) is 0 Å². The van der Waals surface area contributed by atoms with Gasteiger partial charge in [-0.3, -0.25) is 9.78 Å². The van der Waals surface area contributed by atoms with E-state index >= 15 is 0 Å². The number of nitrogens with zero attached hydrogens (tertiary/aromatic N) is 3. The molecule has 2 aromatic carbocycles. The number of aromatic nitrogens is 3. The van der Waals surface area contributed by atoms with E-state index in [1.165, 1.54) is 5.56 Å². The third-order valence-electron chi connectivity index (χ3n) is 5.88. The average Bonchev–Trinajstić information content (AvgIpc) is 3.22. The number of imidazole rings is 1. The zero-order valence-corrected chi connectivity index (χ0v) is 19.9. The zero-order chi connectivity index (χ0) is 23.8. The first kappa shape index (κ1) is 23.5. The number of nitrogens with one attached hydrogen (secondary N) is 1. The van der Waals surface area contributed by atoms with E-state index in [1.54, 1.807) is 24.5 Å². The summed E-state index contributed by atoms with van der Waals surface area (Å²) in [6.07, 6.45) is 5.84. The molecule has 0 saturated carbocycles. The highest BCUT2D eigenvalue weighted by molar-refractivity contribution is 5.93. The molecule has 0 atom stereocenters. The van der Waals surface area contributed by atoms with Crippen LogP contribution in [0.1, 0.15) is 54.4 Å². The first-order valence-corrected chi connectivity index (χ1v) is 12.0. The predicted molar refractivity (Wildman–Crippen MR) is 135 cm³/mol. The van der Waals surface area contributed by atoms with Crippen LogP contribution in [-0.4, -0.2) is 33.6 Å². The first-order chi connectivity index (χ1) is 16.6. The lowest BCUT2D eigenvalue weighted by Crippen LogP contribution is -2.26. The second-order valence-corrected chi connectivity index (χ2v) is 8.70. The zero-order valence-electron chi connectivity index (χ0n) is 19.9. The van der Waals surface area contributed by atoms with E-state index in [0.29, 0.717) is 31.1 Å². The van der Waals surface area contributed by atoms with Gasteiger partial charge in [0.05, 0.1) is 23.2 Å². The molecule has 1 amide bonds. The molecule has 0 spiro atoms. The van der Waals surface area contributed by atoms with Gasteiger partial charge in [-0.05, 0) is 60.7 Å². The van der Waals surface area contributed by atoms with Crippen molar-refractivity contribution in [1.82, 2.24) is 19.9 Å². The molecule has 4 rings (SSSR count). The van der Waals surface area contributed by atoms with Crippen LogP contribution >= 0.6 is 0 Å². The summed E-state index contributed by atoms with van der Waals surface area (Å²) in [4.78, 5) is 21.1. The molecule has 0 aliphatic rings. The monoisotopic (exact) mass is 456 g/mol. The van der Waals surface area contributed by atoms with Gasteiger partial charge in [-0.1, -0.05) is 38.1 Å². The minimum absolute atomic E-state index is 0.116. The van der Waals surface area contributed by atoms with Crippen molar-refractivity contribution in [3.63, 3.8) is 0 Å². The van der Waals surface area contributed by atoms with E-state index in [2.05, 4.69) is 59.0 Å². The highest BCUT2D eigenvalue weighted by Gasteiger charge is 2.11. The topological polar surface area (TPSA) is 69.0 Å². The molecule has 0 aliphatic heterocycles. The number of benzene rings is 2. The predicted octanol–water partition coefficient (Wildman–Crippen LogP) is 5.39. The molecule has 0 aliphatic carbocycles. The van der Waals surface area contributed by atoms with Crippen LogP contribution in [-0.2, 0) is 13.0 Å². The van der Waals surface area contributed by atoms with Gasteiger partial charge in [0.1, 0.15) is 11.6 Å². The van der Waals surface area contributed by atoms with Crippen molar-refractivity contribution in [2.75, 3.05) is 13.2 Å². The Morgan fingerprint density at radius 1 is 1.03 bits per heavy atom. The van der Waals surface area contributed by atoms with Crippen LogP contribution in [0.25, 0.3) is 11.0 Å². The van der Waals surface area contributed by atoms with Crippen molar-refractivity contribution in [1.29, 1.82) is 0 Å². The van der Waals surface area contributed by atoms with E-state index in [9.17, 15) is 4.79 Å². The smallest absolute Gasteiger partial charge is 0.252 e. The van der Waals surface area contributed by atoms with Gasteiger partial charge in [0.15, 0.2) is 0 Å². The van der Waals surface area contributed by atoms with Gasteiger partial charge in [0.2, 0.25) is 0 Å². The maximum absolute atomic E-state index is 12.3. The second kappa shape index (κ2) is 11.5. The Morgan fingerprint density at radius 3 is 2.62 bits per heavy atom. The lowest BCUT2D eigenvalue weighted by molar-refractivity contribution is 0.0953. The Labute approximate surface area is 201 Å². The number of amides is 1. The number of pyridine rings is 1. The molecule has 1 N–H and O–H groups in total. The fraction of sp³-hybridized carbons (Fsp3) is 0.321. The van der Waals surface area contributed by atoms with Gasteiger partial charge >= 0.3 is 0 Å². The van der Waals surface area contributed by atoms with Crippen LogP contribution in [0.5, 0.6) is 5.75 Å². The quantitative estimate of drug-likeness (QED) is 0.307. The SMILES string of the molecule is CC(C)c1ccc(OCCCCn2c(CCNC(=O)c3cccnc3)nc3ccccc32)cc1. The lowest BCUT2D eigenvalue weighted by Gasteiger charge is -2.11. The molecule has 0 fully saturated rings. The summed E-state index contributed by atoms with van der Waals surface area (Å²) in [5, 5.41) is 2.97. The molecule has 34 heavy (non-hydrogen) atoms. The minimum Gasteiger partial charge on any atom is -0.494 e. The van der Waals surface area contributed by atoms with Gasteiger partial charge < -0.3 is 14.6 Å². The Morgan fingerprint density at radius 2 is 1.85 bits per heavy atom. The molecule has 176 valence electrons. The molecule has 0 radical (unpaired) electrons. The Balaban J connectivity index is 1.30. The van der Waals surface area contributed by atoms with Crippen LogP contribution in [0.3, 0.4) is 0 Å². The molecular formula is C28H32N4O2. The third-order valence-corrected chi connectivity index (χ3v) is 5.88. The lowest BCUT2D eigenvalue weighted by atomic mass is 10.0. The Bertz CT molecular complexity index is 1200. The van der Waals surface area contributed by atoms with Gasteiger partial charge in [0.25, 0.3) is 5.91 Å². The molecular weight excluding hydrogens is 424 g/mol. The molecule has 0 bridgehead atoms. The molecule has 2 aromatic heterocycles. The largest absolute Gasteiger partial charge is 0.494 e. The number of unbranched alkanes of at least 4 members (excludes halogenated alkanes) is 1. The minimum atomic E-state index is -0.116. The fourth-order valence-electron chi connectivity index (χ4n) is 3.96. The number of aryl methyl sites for hydroxylation is 1. The highest BCUT2D eigenvalue weighted by atomic mass is 16.5. The van der Waals surface area contributed by atoms with Crippen LogP contribution in [0.2, 0.25) is 0 Å². The maximum atomic E-state index is 12.3. The summed E-state index contributed by atoms with van der Waals surface area (Å²) < 4.78 is 8.20. The van der Waals surface area contributed by atoms with Crippen molar-refractivity contribution in [2.24, 2.45) is 0 Å². The van der Waals surface area contributed by atoms with Crippen LogP contribution in [0.15, 0.2) is 73.1 Å². The second-order valence-electron chi connectivity index (χ2n) is 8.70. The van der Waals surface area contributed by atoms with Crippen molar-refractivity contribution >= 4 is 16.9 Å². The van der Waals surface area contributed by atoms with Crippen molar-refractivity contribution in [3.05, 3.63) is 90.0 Å². The summed E-state index contributed by atoms with van der Waals surface area (Å²) in [6.45, 7) is 6.45. The molecule has 0 saturated heterocycles. The molecule has 4 aromatic rings. The van der Waals surface area contributed by atoms with Crippen LogP contribution in [0, 0.1) is 0 Å². The van der Waals surface area contributed by atoms with Crippen molar-refractivity contribution < 1.29 is 9.53 Å². The first-order valence-electron chi connectivity index (χ1n) is 12.0. The van der Waals surface area contributed by atoms with Gasteiger partial charge in [-0.25, -0.2) is 4.98 Å². The number of ether oxygens (including phenoxy) is 1. The molecule has 6 nitrogen and oxygen atoms in total. The van der Waals surface area contributed by atoms with E-state index in [1.807, 2.05) is 18.2 Å². The number of rotatable bonds is 11. The van der Waals surface area contributed by atoms with Gasteiger partial charge in [-0.2, -0.15) is 0 Å². The molecule has 6 heteroatoms. The third kappa shape index (κ3) is 6.01. The summed E-state index contributed by atoms with van der Waals surface area (Å²) in [6, 6.07) is 20.1. The van der Waals surface area contributed by atoms with Gasteiger partial charge in [0, 0.05) is 31.9 Å². The molecule has 0 unspecified atom stereocenters. The van der Waals surface area contributed by atoms with E-state index < -0.39 is 0 Å². The van der Waals surface area contributed by atoms with Crippen LogP contribution < -0.4 is 10.1 Å². The summed E-state index contributed by atoms with van der Waals surface area (Å²) in [5.74, 6) is 2.31. The number of hydrogen-bond donors (Lipinski definition) is 1. The Kier molecular flexibility index (Phi) is 7.91. The number of para-hydroxylation sites is 2. The number of carbonyl (C=O) groups excluding carboxylic acids is 1. The number of carbonyl (C=O) groups is 1.